The Balaban J connectivity index is 1.51. The standard InChI is InChI=1S/C20H15N7O/c1-28-20-21-10-14(11-22-20)17-8-9-18-19(24-17)27(26-25-18)12-15-7-6-13-4-2-3-5-16(13)23-15/h2-11H,12H2,1H3. The molecule has 4 heterocycles. The molecule has 1 aromatic carbocycles. The molecule has 0 saturated heterocycles. The van der Waals surface area contributed by atoms with Gasteiger partial charge in [-0.25, -0.2) is 19.6 Å². The number of benzene rings is 1. The molecule has 136 valence electrons. The van der Waals surface area contributed by atoms with Crippen LogP contribution in [0.3, 0.4) is 0 Å². The lowest BCUT2D eigenvalue weighted by molar-refractivity contribution is 0.380. The van der Waals surface area contributed by atoms with Gasteiger partial charge in [0.25, 0.3) is 0 Å². The average molecular weight is 369 g/mol. The van der Waals surface area contributed by atoms with E-state index in [0.29, 0.717) is 18.2 Å². The summed E-state index contributed by atoms with van der Waals surface area (Å²) in [4.78, 5) is 17.7. The van der Waals surface area contributed by atoms with Crippen molar-refractivity contribution in [2.75, 3.05) is 7.11 Å². The van der Waals surface area contributed by atoms with Gasteiger partial charge in [-0.1, -0.05) is 29.5 Å². The molecule has 0 spiro atoms. The summed E-state index contributed by atoms with van der Waals surface area (Å²) in [5.41, 5.74) is 4.78. The van der Waals surface area contributed by atoms with Crippen molar-refractivity contribution >= 4 is 22.1 Å². The zero-order valence-corrected chi connectivity index (χ0v) is 15.0. The number of rotatable bonds is 4. The fourth-order valence-corrected chi connectivity index (χ4v) is 3.02. The van der Waals surface area contributed by atoms with Crippen LogP contribution in [-0.2, 0) is 6.54 Å². The largest absolute Gasteiger partial charge is 0.467 e. The number of pyridine rings is 2. The number of nitrogens with zero attached hydrogens (tertiary/aromatic N) is 7. The Bertz CT molecular complexity index is 1280. The van der Waals surface area contributed by atoms with Crippen molar-refractivity contribution in [1.82, 2.24) is 34.9 Å². The van der Waals surface area contributed by atoms with E-state index >= 15 is 0 Å². The highest BCUT2D eigenvalue weighted by molar-refractivity contribution is 5.78. The average Bonchev–Trinajstić information content (AvgIpc) is 3.16. The van der Waals surface area contributed by atoms with Gasteiger partial charge in [-0.2, -0.15) is 0 Å². The summed E-state index contributed by atoms with van der Waals surface area (Å²) in [6.45, 7) is 0.483. The van der Waals surface area contributed by atoms with Crippen LogP contribution in [0.4, 0.5) is 0 Å². The number of hydrogen-bond donors (Lipinski definition) is 0. The molecule has 8 nitrogen and oxygen atoms in total. The van der Waals surface area contributed by atoms with Crippen LogP contribution in [0.15, 0.2) is 60.9 Å². The minimum absolute atomic E-state index is 0.318. The normalized spacial score (nSPS) is 11.2. The number of fused-ring (bicyclic) bond motifs is 2. The zero-order valence-electron chi connectivity index (χ0n) is 15.0. The summed E-state index contributed by atoms with van der Waals surface area (Å²) in [5.74, 6) is 0. The fourth-order valence-electron chi connectivity index (χ4n) is 3.02. The Morgan fingerprint density at radius 2 is 1.75 bits per heavy atom. The number of ether oxygens (including phenoxy) is 1. The Morgan fingerprint density at radius 1 is 0.893 bits per heavy atom. The summed E-state index contributed by atoms with van der Waals surface area (Å²) >= 11 is 0. The molecule has 0 fully saturated rings. The fraction of sp³-hybridized carbons (Fsp3) is 0.100. The van der Waals surface area contributed by atoms with Crippen molar-refractivity contribution in [1.29, 1.82) is 0 Å². The van der Waals surface area contributed by atoms with Gasteiger partial charge in [0.15, 0.2) is 5.65 Å². The van der Waals surface area contributed by atoms with E-state index in [2.05, 4.69) is 26.3 Å². The van der Waals surface area contributed by atoms with Crippen molar-refractivity contribution in [2.45, 2.75) is 6.54 Å². The molecule has 0 amide bonds. The second-order valence-electron chi connectivity index (χ2n) is 6.24. The second kappa shape index (κ2) is 6.66. The Kier molecular flexibility index (Phi) is 3.86. The first-order valence-electron chi connectivity index (χ1n) is 8.71. The van der Waals surface area contributed by atoms with Crippen LogP contribution in [0.5, 0.6) is 6.01 Å². The van der Waals surface area contributed by atoms with Gasteiger partial charge in [-0.05, 0) is 24.3 Å². The molecule has 5 rings (SSSR count). The Hall–Kier alpha value is -3.94. The molecular formula is C20H15N7O. The van der Waals surface area contributed by atoms with Gasteiger partial charge >= 0.3 is 6.01 Å². The molecule has 5 aromatic rings. The maximum Gasteiger partial charge on any atom is 0.316 e. The summed E-state index contributed by atoms with van der Waals surface area (Å²) in [6, 6.07) is 16.2. The smallest absolute Gasteiger partial charge is 0.316 e. The van der Waals surface area contributed by atoms with E-state index in [-0.39, 0.29) is 0 Å². The van der Waals surface area contributed by atoms with E-state index in [0.717, 1.165) is 33.4 Å². The van der Waals surface area contributed by atoms with Gasteiger partial charge < -0.3 is 4.74 Å². The molecular weight excluding hydrogens is 354 g/mol. The van der Waals surface area contributed by atoms with Gasteiger partial charge in [0.2, 0.25) is 0 Å². The minimum atomic E-state index is 0.318. The summed E-state index contributed by atoms with van der Waals surface area (Å²) < 4.78 is 6.76. The number of hydrogen-bond acceptors (Lipinski definition) is 7. The molecule has 0 unspecified atom stereocenters. The second-order valence-corrected chi connectivity index (χ2v) is 6.24. The molecule has 0 radical (unpaired) electrons. The molecule has 0 aliphatic carbocycles. The number of para-hydroxylation sites is 1. The van der Waals surface area contributed by atoms with Crippen LogP contribution in [0.25, 0.3) is 33.3 Å². The van der Waals surface area contributed by atoms with Gasteiger partial charge in [0.05, 0.1) is 30.6 Å². The predicted molar refractivity (Wildman–Crippen MR) is 104 cm³/mol. The van der Waals surface area contributed by atoms with E-state index in [1.807, 2.05) is 42.5 Å². The third-order valence-electron chi connectivity index (χ3n) is 4.43. The van der Waals surface area contributed by atoms with Crippen LogP contribution in [-0.4, -0.2) is 42.0 Å². The van der Waals surface area contributed by atoms with Gasteiger partial charge in [-0.3, -0.25) is 4.98 Å². The van der Waals surface area contributed by atoms with Crippen LogP contribution in [0.2, 0.25) is 0 Å². The molecule has 0 N–H and O–H groups in total. The Labute approximate surface area is 159 Å². The maximum absolute atomic E-state index is 5.01. The topological polar surface area (TPSA) is 91.5 Å². The van der Waals surface area contributed by atoms with Gasteiger partial charge in [0.1, 0.15) is 5.52 Å². The molecule has 0 bridgehead atoms. The third-order valence-corrected chi connectivity index (χ3v) is 4.43. The van der Waals surface area contributed by atoms with Gasteiger partial charge in [0, 0.05) is 23.3 Å². The van der Waals surface area contributed by atoms with Crippen molar-refractivity contribution < 1.29 is 4.74 Å². The van der Waals surface area contributed by atoms with Crippen molar-refractivity contribution in [3.8, 4) is 17.3 Å². The SMILES string of the molecule is COc1ncc(-c2ccc3nnn(Cc4ccc5ccccc5n4)c3n2)cn1. The van der Waals surface area contributed by atoms with E-state index < -0.39 is 0 Å². The summed E-state index contributed by atoms with van der Waals surface area (Å²) in [5, 5.41) is 9.56. The number of methoxy groups -OCH3 is 1. The van der Waals surface area contributed by atoms with Crippen LogP contribution < -0.4 is 4.74 Å². The van der Waals surface area contributed by atoms with E-state index in [4.69, 9.17) is 14.7 Å². The third kappa shape index (κ3) is 2.90. The van der Waals surface area contributed by atoms with E-state index in [9.17, 15) is 0 Å². The molecule has 0 saturated carbocycles. The van der Waals surface area contributed by atoms with Crippen LogP contribution in [0.1, 0.15) is 5.69 Å². The predicted octanol–water partition coefficient (Wildman–Crippen LogP) is 2.89. The zero-order chi connectivity index (χ0) is 18.9. The quantitative estimate of drug-likeness (QED) is 0.481. The lowest BCUT2D eigenvalue weighted by Crippen LogP contribution is -2.05. The first-order chi connectivity index (χ1) is 13.8. The van der Waals surface area contributed by atoms with E-state index in [1.54, 1.807) is 17.1 Å². The van der Waals surface area contributed by atoms with Crippen molar-refractivity contribution in [3.05, 3.63) is 66.6 Å². The lowest BCUT2D eigenvalue weighted by Gasteiger charge is -2.05. The van der Waals surface area contributed by atoms with E-state index in [1.165, 1.54) is 7.11 Å². The lowest BCUT2D eigenvalue weighted by atomic mass is 10.2. The van der Waals surface area contributed by atoms with Crippen molar-refractivity contribution in [3.63, 3.8) is 0 Å². The first-order valence-corrected chi connectivity index (χ1v) is 8.71. The van der Waals surface area contributed by atoms with Crippen molar-refractivity contribution in [2.24, 2.45) is 0 Å². The van der Waals surface area contributed by atoms with Crippen LogP contribution >= 0.6 is 0 Å². The van der Waals surface area contributed by atoms with Crippen LogP contribution in [0, 0.1) is 0 Å². The molecule has 0 atom stereocenters. The highest BCUT2D eigenvalue weighted by Crippen LogP contribution is 2.20. The molecule has 8 heteroatoms. The van der Waals surface area contributed by atoms with Gasteiger partial charge in [-0.15, -0.1) is 5.10 Å². The minimum Gasteiger partial charge on any atom is -0.467 e. The highest BCUT2D eigenvalue weighted by atomic mass is 16.5. The Morgan fingerprint density at radius 3 is 2.61 bits per heavy atom. The monoisotopic (exact) mass is 369 g/mol. The molecule has 4 aromatic heterocycles. The molecule has 0 aliphatic rings. The highest BCUT2D eigenvalue weighted by Gasteiger charge is 2.11. The summed E-state index contributed by atoms with van der Waals surface area (Å²) in [7, 11) is 1.53. The molecule has 28 heavy (non-hydrogen) atoms. The molecule has 0 aliphatic heterocycles. The summed E-state index contributed by atoms with van der Waals surface area (Å²) in [6.07, 6.45) is 3.36. The maximum atomic E-state index is 5.01. The number of aromatic nitrogens is 7. The first kappa shape index (κ1) is 16.2.